The van der Waals surface area contributed by atoms with Gasteiger partial charge in [0.15, 0.2) is 5.96 Å². The third kappa shape index (κ3) is 10.9. The number of ether oxygens (including phenoxy) is 2. The van der Waals surface area contributed by atoms with Crippen LogP contribution in [0, 0.1) is 5.92 Å². The second-order valence-electron chi connectivity index (χ2n) is 8.42. The van der Waals surface area contributed by atoms with Crippen LogP contribution in [0.15, 0.2) is 29.3 Å². The minimum Gasteiger partial charge on any atom is -0.494 e. The fraction of sp³-hybridized carbons (Fsp3) is 0.696. The van der Waals surface area contributed by atoms with Crippen molar-refractivity contribution in [2.24, 2.45) is 10.9 Å². The van der Waals surface area contributed by atoms with Crippen molar-refractivity contribution in [2.45, 2.75) is 32.9 Å². The number of halogens is 1. The van der Waals surface area contributed by atoms with Crippen molar-refractivity contribution in [3.8, 4) is 5.75 Å². The van der Waals surface area contributed by atoms with Crippen molar-refractivity contribution in [3.63, 3.8) is 0 Å². The Bertz CT molecular complexity index is 619. The lowest BCUT2D eigenvalue weighted by Gasteiger charge is -2.37. The van der Waals surface area contributed by atoms with Gasteiger partial charge in [0.2, 0.25) is 0 Å². The van der Waals surface area contributed by atoms with Gasteiger partial charge in [-0.3, -0.25) is 9.89 Å². The zero-order valence-corrected chi connectivity index (χ0v) is 22.2. The van der Waals surface area contributed by atoms with Gasteiger partial charge in [-0.25, -0.2) is 0 Å². The number of hydrogen-bond donors (Lipinski definition) is 2. The molecule has 1 saturated heterocycles. The Kier molecular flexibility index (Phi) is 14.1. The van der Waals surface area contributed by atoms with Crippen molar-refractivity contribution in [2.75, 3.05) is 67.1 Å². The smallest absolute Gasteiger partial charge is 0.191 e. The summed E-state index contributed by atoms with van der Waals surface area (Å²) >= 11 is 0. The fourth-order valence-electron chi connectivity index (χ4n) is 3.58. The third-order valence-corrected chi connectivity index (χ3v) is 5.39. The molecule has 0 aromatic heterocycles. The molecule has 1 aliphatic heterocycles. The number of nitrogens with zero attached hydrogens (tertiary/aromatic N) is 3. The van der Waals surface area contributed by atoms with Crippen LogP contribution in [-0.4, -0.2) is 88.9 Å². The molecule has 2 N–H and O–H groups in total. The normalized spacial score (nSPS) is 16.2. The van der Waals surface area contributed by atoms with E-state index < -0.39 is 0 Å². The van der Waals surface area contributed by atoms with E-state index in [1.807, 2.05) is 19.2 Å². The topological polar surface area (TPSA) is 61.4 Å². The highest BCUT2D eigenvalue weighted by molar-refractivity contribution is 14.0. The van der Waals surface area contributed by atoms with Crippen LogP contribution < -0.4 is 15.4 Å². The third-order valence-electron chi connectivity index (χ3n) is 5.39. The summed E-state index contributed by atoms with van der Waals surface area (Å²) in [7, 11) is 5.98. The highest BCUT2D eigenvalue weighted by Crippen LogP contribution is 2.13. The molecule has 0 amide bonds. The predicted octanol–water partition coefficient (Wildman–Crippen LogP) is 2.66. The van der Waals surface area contributed by atoms with Gasteiger partial charge in [-0.1, -0.05) is 26.0 Å². The Balaban J connectivity index is 0.00000480. The molecule has 1 aliphatic rings. The summed E-state index contributed by atoms with van der Waals surface area (Å²) in [6, 6.07) is 8.75. The average molecular weight is 548 g/mol. The monoisotopic (exact) mass is 547 g/mol. The minimum atomic E-state index is 0. The van der Waals surface area contributed by atoms with E-state index in [9.17, 15) is 0 Å². The molecular weight excluding hydrogens is 505 g/mol. The van der Waals surface area contributed by atoms with Crippen LogP contribution in [0.4, 0.5) is 0 Å². The maximum Gasteiger partial charge on any atom is 0.191 e. The zero-order valence-electron chi connectivity index (χ0n) is 19.9. The highest BCUT2D eigenvalue weighted by atomic mass is 127. The predicted molar refractivity (Wildman–Crippen MR) is 140 cm³/mol. The lowest BCUT2D eigenvalue weighted by molar-refractivity contribution is 0.00752. The summed E-state index contributed by atoms with van der Waals surface area (Å²) in [5, 5.41) is 6.92. The molecule has 178 valence electrons. The van der Waals surface area contributed by atoms with Crippen LogP contribution in [0.5, 0.6) is 5.75 Å². The summed E-state index contributed by atoms with van der Waals surface area (Å²) in [5.41, 5.74) is 1.20. The van der Waals surface area contributed by atoms with Crippen molar-refractivity contribution in [1.82, 2.24) is 20.4 Å². The summed E-state index contributed by atoms with van der Waals surface area (Å²) < 4.78 is 11.3. The van der Waals surface area contributed by atoms with Gasteiger partial charge in [0, 0.05) is 45.8 Å². The van der Waals surface area contributed by atoms with Gasteiger partial charge in [0.25, 0.3) is 0 Å². The first-order chi connectivity index (χ1) is 14.5. The molecule has 0 saturated carbocycles. The second kappa shape index (κ2) is 15.7. The van der Waals surface area contributed by atoms with Gasteiger partial charge < -0.3 is 25.0 Å². The van der Waals surface area contributed by atoms with Crippen LogP contribution in [-0.2, 0) is 11.3 Å². The van der Waals surface area contributed by atoms with Crippen LogP contribution in [0.2, 0.25) is 0 Å². The molecule has 1 aromatic carbocycles. The van der Waals surface area contributed by atoms with Crippen molar-refractivity contribution in [3.05, 3.63) is 29.8 Å². The molecule has 0 spiro atoms. The molecule has 0 radical (unpaired) electrons. The van der Waals surface area contributed by atoms with E-state index in [1.54, 1.807) is 0 Å². The number of aliphatic imine (C=N–C) groups is 1. The molecule has 7 nitrogen and oxygen atoms in total. The fourth-order valence-corrected chi connectivity index (χ4v) is 3.58. The molecule has 0 aliphatic carbocycles. The van der Waals surface area contributed by atoms with E-state index in [0.717, 1.165) is 70.7 Å². The molecular formula is C23H42IN5O2. The molecule has 1 aromatic rings. The molecule has 8 heteroatoms. The molecule has 31 heavy (non-hydrogen) atoms. The van der Waals surface area contributed by atoms with E-state index in [1.165, 1.54) is 5.56 Å². The average Bonchev–Trinajstić information content (AvgIpc) is 2.75. The Morgan fingerprint density at radius 1 is 1.16 bits per heavy atom. The van der Waals surface area contributed by atoms with Gasteiger partial charge in [0.05, 0.1) is 19.8 Å². The SMILES string of the molecule is CN=C(NCc1ccc(OCCCN(C)C)cc1)NCC(C(C)C)N1CCOCC1.I. The quantitative estimate of drug-likeness (QED) is 0.192. The largest absolute Gasteiger partial charge is 0.494 e. The number of guanidine groups is 1. The molecule has 1 atom stereocenters. The van der Waals surface area contributed by atoms with Crippen LogP contribution in [0.1, 0.15) is 25.8 Å². The number of morpholine rings is 1. The molecule has 1 heterocycles. The number of hydrogen-bond acceptors (Lipinski definition) is 5. The van der Waals surface area contributed by atoms with E-state index in [4.69, 9.17) is 9.47 Å². The first kappa shape index (κ1) is 27.9. The number of nitrogens with one attached hydrogen (secondary N) is 2. The molecule has 2 rings (SSSR count). The standard InChI is InChI=1S/C23H41N5O2.HI/c1-19(2)22(28-12-15-29-16-13-28)18-26-23(24-3)25-17-20-7-9-21(10-8-20)30-14-6-11-27(4)5;/h7-10,19,22H,6,11-18H2,1-5H3,(H2,24,25,26);1H. The van der Waals surface area contributed by atoms with Gasteiger partial charge in [-0.15, -0.1) is 24.0 Å². The molecule has 1 unspecified atom stereocenters. The molecule has 1 fully saturated rings. The number of benzene rings is 1. The van der Waals surface area contributed by atoms with E-state index in [-0.39, 0.29) is 24.0 Å². The number of rotatable bonds is 11. The Hall–Kier alpha value is -1.10. The van der Waals surface area contributed by atoms with Gasteiger partial charge in [-0.05, 0) is 44.1 Å². The summed E-state index contributed by atoms with van der Waals surface area (Å²) in [6.07, 6.45) is 1.03. The Morgan fingerprint density at radius 2 is 1.84 bits per heavy atom. The first-order valence-corrected chi connectivity index (χ1v) is 11.1. The van der Waals surface area contributed by atoms with E-state index >= 15 is 0 Å². The Morgan fingerprint density at radius 3 is 2.42 bits per heavy atom. The summed E-state index contributed by atoms with van der Waals surface area (Å²) in [6.45, 7) is 11.6. The van der Waals surface area contributed by atoms with Crippen molar-refractivity contribution >= 4 is 29.9 Å². The van der Waals surface area contributed by atoms with Gasteiger partial charge >= 0.3 is 0 Å². The van der Waals surface area contributed by atoms with Crippen LogP contribution in [0.3, 0.4) is 0 Å². The van der Waals surface area contributed by atoms with E-state index in [2.05, 4.69) is 65.5 Å². The Labute approximate surface area is 206 Å². The van der Waals surface area contributed by atoms with Crippen molar-refractivity contribution in [1.29, 1.82) is 0 Å². The minimum absolute atomic E-state index is 0. The maximum atomic E-state index is 5.81. The first-order valence-electron chi connectivity index (χ1n) is 11.1. The maximum absolute atomic E-state index is 5.81. The summed E-state index contributed by atoms with van der Waals surface area (Å²) in [4.78, 5) is 9.07. The summed E-state index contributed by atoms with van der Waals surface area (Å²) in [5.74, 6) is 2.32. The highest BCUT2D eigenvalue weighted by Gasteiger charge is 2.23. The lowest BCUT2D eigenvalue weighted by atomic mass is 10.0. The molecule has 0 bridgehead atoms. The second-order valence-corrected chi connectivity index (χ2v) is 8.42. The van der Waals surface area contributed by atoms with Crippen LogP contribution >= 0.6 is 24.0 Å². The van der Waals surface area contributed by atoms with Crippen molar-refractivity contribution < 1.29 is 9.47 Å². The van der Waals surface area contributed by atoms with Gasteiger partial charge in [0.1, 0.15) is 5.75 Å². The zero-order chi connectivity index (χ0) is 21.8. The lowest BCUT2D eigenvalue weighted by Crippen LogP contribution is -2.52. The van der Waals surface area contributed by atoms with Crippen LogP contribution in [0.25, 0.3) is 0 Å². The van der Waals surface area contributed by atoms with E-state index in [0.29, 0.717) is 12.0 Å². The van der Waals surface area contributed by atoms with Gasteiger partial charge in [-0.2, -0.15) is 0 Å².